The van der Waals surface area contributed by atoms with E-state index in [2.05, 4.69) is 15.5 Å². The number of nitrogens with zero attached hydrogens (tertiary/aromatic N) is 2. The lowest BCUT2D eigenvalue weighted by atomic mass is 9.74. The number of nitro benzene ring substituents is 1. The van der Waals surface area contributed by atoms with Crippen molar-refractivity contribution in [1.82, 2.24) is 15.5 Å². The van der Waals surface area contributed by atoms with Gasteiger partial charge < -0.3 is 10.4 Å². The molecule has 0 spiro atoms. The van der Waals surface area contributed by atoms with Gasteiger partial charge in [-0.25, -0.2) is 0 Å². The van der Waals surface area contributed by atoms with Crippen LogP contribution in [0.4, 0.5) is 5.69 Å². The minimum absolute atomic E-state index is 0.0183. The molecule has 9 nitrogen and oxygen atoms in total. The zero-order valence-corrected chi connectivity index (χ0v) is 13.4. The number of aromatic nitrogens is 2. The summed E-state index contributed by atoms with van der Waals surface area (Å²) in [7, 11) is 0. The number of amides is 1. The van der Waals surface area contributed by atoms with Crippen LogP contribution in [0, 0.1) is 15.5 Å². The lowest BCUT2D eigenvalue weighted by Gasteiger charge is -2.33. The summed E-state index contributed by atoms with van der Waals surface area (Å²) in [6, 6.07) is 4.09. The topological polar surface area (TPSA) is 138 Å². The third-order valence-corrected chi connectivity index (χ3v) is 4.82. The maximum Gasteiger partial charge on any atom is 0.311 e. The molecule has 1 fully saturated rings. The number of nitro groups is 1. The van der Waals surface area contributed by atoms with Crippen LogP contribution in [0.1, 0.15) is 42.6 Å². The van der Waals surface area contributed by atoms with E-state index in [1.165, 1.54) is 18.2 Å². The molecule has 3 N–H and O–H groups in total. The number of carboxylic acids is 1. The van der Waals surface area contributed by atoms with Gasteiger partial charge in [0.1, 0.15) is 0 Å². The first kappa shape index (κ1) is 16.9. The largest absolute Gasteiger partial charge is 0.481 e. The molecule has 0 bridgehead atoms. The second kappa shape index (κ2) is 6.50. The molecule has 25 heavy (non-hydrogen) atoms. The fraction of sp³-hybridized carbons (Fsp3) is 0.438. The highest BCUT2D eigenvalue weighted by Gasteiger charge is 2.40. The molecule has 0 atom stereocenters. The van der Waals surface area contributed by atoms with Crippen molar-refractivity contribution < 1.29 is 19.6 Å². The van der Waals surface area contributed by atoms with E-state index in [0.717, 1.165) is 19.3 Å². The second-order valence-electron chi connectivity index (χ2n) is 6.39. The van der Waals surface area contributed by atoms with E-state index in [1.807, 2.05) is 0 Å². The fourth-order valence-electron chi connectivity index (χ4n) is 3.32. The van der Waals surface area contributed by atoms with Gasteiger partial charge in [0.05, 0.1) is 15.9 Å². The zero-order chi connectivity index (χ0) is 18.0. The van der Waals surface area contributed by atoms with Gasteiger partial charge in [0.2, 0.25) is 0 Å². The summed E-state index contributed by atoms with van der Waals surface area (Å²) in [5, 5.41) is 30.0. The molecule has 1 aromatic carbocycles. The Labute approximate surface area is 142 Å². The number of aliphatic carboxylic acids is 1. The van der Waals surface area contributed by atoms with Gasteiger partial charge in [-0.3, -0.25) is 24.8 Å². The van der Waals surface area contributed by atoms with Crippen LogP contribution in [0.3, 0.4) is 0 Å². The molecule has 1 heterocycles. The first-order valence-electron chi connectivity index (χ1n) is 8.07. The Morgan fingerprint density at radius 1 is 1.32 bits per heavy atom. The van der Waals surface area contributed by atoms with Crippen molar-refractivity contribution in [2.75, 3.05) is 6.54 Å². The molecular formula is C16H18N4O5. The maximum atomic E-state index is 12.5. The minimum atomic E-state index is -0.952. The number of hydrogen-bond donors (Lipinski definition) is 3. The van der Waals surface area contributed by atoms with Crippen molar-refractivity contribution in [3.63, 3.8) is 0 Å². The maximum absolute atomic E-state index is 12.5. The number of benzene rings is 1. The Bertz CT molecular complexity index is 838. The Hall–Kier alpha value is -2.97. The van der Waals surface area contributed by atoms with Crippen LogP contribution >= 0.6 is 0 Å². The van der Waals surface area contributed by atoms with Crippen LogP contribution < -0.4 is 5.32 Å². The van der Waals surface area contributed by atoms with E-state index in [0.29, 0.717) is 23.7 Å². The predicted octanol–water partition coefficient (Wildman–Crippen LogP) is 2.24. The van der Waals surface area contributed by atoms with Gasteiger partial charge in [0.15, 0.2) is 5.69 Å². The third-order valence-electron chi connectivity index (χ3n) is 4.82. The number of nitrogens with one attached hydrogen (secondary N) is 2. The molecule has 1 amide bonds. The Balaban J connectivity index is 1.81. The summed E-state index contributed by atoms with van der Waals surface area (Å²) in [6.45, 7) is 0.0183. The van der Waals surface area contributed by atoms with Crippen LogP contribution in [0.5, 0.6) is 0 Å². The Kier molecular flexibility index (Phi) is 4.39. The SMILES string of the molecule is O=C(NCC1(C(=O)O)CCCCC1)c1n[nH]c2ccc([N+](=O)[O-])cc12. The number of aromatic amines is 1. The predicted molar refractivity (Wildman–Crippen MR) is 88.2 cm³/mol. The average molecular weight is 346 g/mol. The number of carbonyl (C=O) groups is 2. The van der Waals surface area contributed by atoms with Gasteiger partial charge in [-0.2, -0.15) is 5.10 Å². The monoisotopic (exact) mass is 346 g/mol. The number of rotatable bonds is 5. The molecule has 132 valence electrons. The molecular weight excluding hydrogens is 328 g/mol. The lowest BCUT2D eigenvalue weighted by molar-refractivity contribution is -0.384. The summed E-state index contributed by atoms with van der Waals surface area (Å²) < 4.78 is 0. The molecule has 0 unspecified atom stereocenters. The number of non-ortho nitro benzene ring substituents is 1. The first-order chi connectivity index (χ1) is 11.9. The summed E-state index contributed by atoms with van der Waals surface area (Å²) in [4.78, 5) is 34.5. The van der Waals surface area contributed by atoms with Gasteiger partial charge in [0, 0.05) is 24.1 Å². The summed E-state index contributed by atoms with van der Waals surface area (Å²) in [5.41, 5.74) is -0.569. The highest BCUT2D eigenvalue weighted by Crippen LogP contribution is 2.36. The minimum Gasteiger partial charge on any atom is -0.481 e. The molecule has 2 aromatic rings. The Morgan fingerprint density at radius 3 is 2.68 bits per heavy atom. The normalized spacial score (nSPS) is 16.5. The molecule has 0 aliphatic heterocycles. The van der Waals surface area contributed by atoms with Gasteiger partial charge >= 0.3 is 5.97 Å². The quantitative estimate of drug-likeness (QED) is 0.560. The van der Waals surface area contributed by atoms with E-state index in [4.69, 9.17) is 0 Å². The van der Waals surface area contributed by atoms with E-state index in [1.54, 1.807) is 0 Å². The highest BCUT2D eigenvalue weighted by molar-refractivity contribution is 6.05. The molecule has 1 aliphatic carbocycles. The summed E-state index contributed by atoms with van der Waals surface area (Å²) in [6.07, 6.45) is 3.68. The number of carboxylic acid groups (broad SMARTS) is 1. The molecule has 1 aliphatic rings. The molecule has 1 saturated carbocycles. The van der Waals surface area contributed by atoms with Gasteiger partial charge in [-0.15, -0.1) is 0 Å². The van der Waals surface area contributed by atoms with Crippen molar-refractivity contribution in [3.05, 3.63) is 34.0 Å². The Morgan fingerprint density at radius 2 is 2.04 bits per heavy atom. The van der Waals surface area contributed by atoms with Crippen molar-refractivity contribution in [1.29, 1.82) is 0 Å². The highest BCUT2D eigenvalue weighted by atomic mass is 16.6. The third kappa shape index (κ3) is 3.17. The first-order valence-corrected chi connectivity index (χ1v) is 8.07. The number of H-pyrrole nitrogens is 1. The van der Waals surface area contributed by atoms with E-state index >= 15 is 0 Å². The van der Waals surface area contributed by atoms with Crippen molar-refractivity contribution in [2.24, 2.45) is 5.41 Å². The summed E-state index contributed by atoms with van der Waals surface area (Å²) in [5.74, 6) is -1.45. The van der Waals surface area contributed by atoms with Crippen LogP contribution in [0.2, 0.25) is 0 Å². The van der Waals surface area contributed by atoms with Crippen molar-refractivity contribution >= 4 is 28.5 Å². The van der Waals surface area contributed by atoms with E-state index in [-0.39, 0.29) is 17.9 Å². The van der Waals surface area contributed by atoms with Gasteiger partial charge in [0.25, 0.3) is 11.6 Å². The molecule has 0 radical (unpaired) electrons. The number of hydrogen-bond acceptors (Lipinski definition) is 5. The second-order valence-corrected chi connectivity index (χ2v) is 6.39. The summed E-state index contributed by atoms with van der Waals surface area (Å²) >= 11 is 0. The van der Waals surface area contributed by atoms with E-state index in [9.17, 15) is 24.8 Å². The number of fused-ring (bicyclic) bond motifs is 1. The smallest absolute Gasteiger partial charge is 0.311 e. The molecule has 1 aromatic heterocycles. The van der Waals surface area contributed by atoms with Crippen LogP contribution in [-0.4, -0.2) is 38.6 Å². The van der Waals surface area contributed by atoms with Crippen LogP contribution in [0.25, 0.3) is 10.9 Å². The van der Waals surface area contributed by atoms with Crippen LogP contribution in [0.15, 0.2) is 18.2 Å². The standard InChI is InChI=1S/C16H18N4O5/c21-14(17-9-16(15(22)23)6-2-1-3-7-16)13-11-8-10(20(24)25)4-5-12(11)18-19-13/h4-5,8H,1-3,6-7,9H2,(H,17,21)(H,18,19)(H,22,23). The van der Waals surface area contributed by atoms with Crippen molar-refractivity contribution in [2.45, 2.75) is 32.1 Å². The van der Waals surface area contributed by atoms with Crippen molar-refractivity contribution in [3.8, 4) is 0 Å². The average Bonchev–Trinajstić information content (AvgIpc) is 3.03. The van der Waals surface area contributed by atoms with Crippen LogP contribution in [-0.2, 0) is 4.79 Å². The van der Waals surface area contributed by atoms with Gasteiger partial charge in [-0.05, 0) is 18.9 Å². The molecule has 3 rings (SSSR count). The van der Waals surface area contributed by atoms with E-state index < -0.39 is 22.2 Å². The zero-order valence-electron chi connectivity index (χ0n) is 13.4. The van der Waals surface area contributed by atoms with Gasteiger partial charge in [-0.1, -0.05) is 19.3 Å². The lowest BCUT2D eigenvalue weighted by Crippen LogP contribution is -2.44. The molecule has 0 saturated heterocycles. The fourth-order valence-corrected chi connectivity index (χ4v) is 3.32. The number of carbonyl (C=O) groups excluding carboxylic acids is 1. The molecule has 9 heteroatoms.